The van der Waals surface area contributed by atoms with Gasteiger partial charge in [0.2, 0.25) is 0 Å². The number of carbonyl (C=O) groups excluding carboxylic acids is 1. The van der Waals surface area contributed by atoms with Crippen molar-refractivity contribution in [2.45, 2.75) is 32.6 Å². The summed E-state index contributed by atoms with van der Waals surface area (Å²) in [6.07, 6.45) is 5.09. The number of hydrogen-bond donors (Lipinski definition) is 2. The molecule has 2 N–H and O–H groups in total. The van der Waals surface area contributed by atoms with Gasteiger partial charge < -0.3 is 19.9 Å². The number of fused-ring (bicyclic) bond motifs is 3. The monoisotopic (exact) mass is 381 g/mol. The summed E-state index contributed by atoms with van der Waals surface area (Å²) in [5, 5.41) is 5.47. The topological polar surface area (TPSA) is 83.1 Å². The van der Waals surface area contributed by atoms with Crippen molar-refractivity contribution in [1.82, 2.24) is 19.9 Å². The summed E-state index contributed by atoms with van der Waals surface area (Å²) in [4.78, 5) is 26.9. The average Bonchev–Trinajstić information content (AvgIpc) is 3.08. The minimum absolute atomic E-state index is 0.348. The molecule has 7 nitrogen and oxygen atoms in total. The number of hydrogen-bond acceptors (Lipinski definition) is 6. The van der Waals surface area contributed by atoms with Crippen molar-refractivity contribution in [3.05, 3.63) is 29.6 Å². The van der Waals surface area contributed by atoms with E-state index in [1.807, 2.05) is 13.0 Å². The summed E-state index contributed by atoms with van der Waals surface area (Å²) in [5.74, 6) is 1.21. The van der Waals surface area contributed by atoms with E-state index < -0.39 is 0 Å². The molecule has 0 unspecified atom stereocenters. The van der Waals surface area contributed by atoms with Crippen LogP contribution in [-0.2, 0) is 4.74 Å². The van der Waals surface area contributed by atoms with Crippen molar-refractivity contribution in [1.29, 1.82) is 0 Å². The molecule has 28 heavy (non-hydrogen) atoms. The zero-order valence-electron chi connectivity index (χ0n) is 16.5. The van der Waals surface area contributed by atoms with E-state index >= 15 is 0 Å². The van der Waals surface area contributed by atoms with Gasteiger partial charge in [0.05, 0.1) is 18.1 Å². The van der Waals surface area contributed by atoms with Gasteiger partial charge in [0.25, 0.3) is 0 Å². The molecule has 0 spiro atoms. The Labute approximate surface area is 164 Å². The zero-order chi connectivity index (χ0) is 19.5. The van der Waals surface area contributed by atoms with Crippen molar-refractivity contribution >= 4 is 33.7 Å². The molecule has 0 bridgehead atoms. The van der Waals surface area contributed by atoms with Crippen LogP contribution in [0, 0.1) is 6.92 Å². The molecule has 0 aliphatic carbocycles. The number of aromatic nitrogens is 3. The molecular formula is C21H27N5O2. The van der Waals surface area contributed by atoms with E-state index in [1.54, 1.807) is 12.1 Å². The molecule has 1 aliphatic rings. The zero-order valence-corrected chi connectivity index (χ0v) is 16.5. The average molecular weight is 381 g/mol. The number of nitrogens with one attached hydrogen (secondary N) is 2. The Morgan fingerprint density at radius 2 is 2.07 bits per heavy atom. The number of anilines is 1. The number of benzene rings is 1. The third-order valence-corrected chi connectivity index (χ3v) is 5.38. The Bertz CT molecular complexity index is 991. The fraction of sp³-hybridized carbons (Fsp3) is 0.476. The lowest BCUT2D eigenvalue weighted by molar-refractivity contribution is 0.0601. The van der Waals surface area contributed by atoms with Crippen LogP contribution in [0.15, 0.2) is 18.2 Å². The molecule has 4 rings (SSSR count). The van der Waals surface area contributed by atoms with E-state index in [9.17, 15) is 4.79 Å². The highest BCUT2D eigenvalue weighted by atomic mass is 16.5. The molecule has 0 amide bonds. The Balaban J connectivity index is 1.55. The number of aryl methyl sites for hydroxylation is 1. The van der Waals surface area contributed by atoms with Crippen molar-refractivity contribution in [3.8, 4) is 0 Å². The maximum Gasteiger partial charge on any atom is 0.337 e. The molecule has 3 heterocycles. The highest BCUT2D eigenvalue weighted by Gasteiger charge is 2.15. The third-order valence-electron chi connectivity index (χ3n) is 5.38. The van der Waals surface area contributed by atoms with Gasteiger partial charge in [-0.25, -0.2) is 14.8 Å². The van der Waals surface area contributed by atoms with E-state index in [2.05, 4.69) is 25.2 Å². The standard InChI is InChI=1S/C21H27N5O2/c1-14-23-19(22-9-6-12-26-10-4-3-5-11-26)18-16-8-7-15(21(27)28-2)13-17(16)25-20(18)24-14/h7-8,13H,3-6,9-12H2,1-2H3,(H2,22,23,24,25). The second-order valence-electron chi connectivity index (χ2n) is 7.40. The summed E-state index contributed by atoms with van der Waals surface area (Å²) < 4.78 is 4.82. The number of methoxy groups -OCH3 is 1. The highest BCUT2D eigenvalue weighted by molar-refractivity contribution is 6.12. The van der Waals surface area contributed by atoms with Crippen LogP contribution in [0.5, 0.6) is 0 Å². The van der Waals surface area contributed by atoms with E-state index in [1.165, 1.54) is 39.5 Å². The number of likely N-dealkylation sites (tertiary alicyclic amines) is 1. The Morgan fingerprint density at radius 3 is 2.86 bits per heavy atom. The summed E-state index contributed by atoms with van der Waals surface area (Å²) in [6.45, 7) is 6.33. The lowest BCUT2D eigenvalue weighted by atomic mass is 10.1. The van der Waals surface area contributed by atoms with Gasteiger partial charge in [-0.05, 0) is 58.0 Å². The van der Waals surface area contributed by atoms with E-state index in [0.717, 1.165) is 47.3 Å². The lowest BCUT2D eigenvalue weighted by Gasteiger charge is -2.26. The lowest BCUT2D eigenvalue weighted by Crippen LogP contribution is -2.31. The molecule has 1 aliphatic heterocycles. The van der Waals surface area contributed by atoms with Crippen LogP contribution >= 0.6 is 0 Å². The minimum atomic E-state index is -0.348. The van der Waals surface area contributed by atoms with Crippen LogP contribution in [0.2, 0.25) is 0 Å². The van der Waals surface area contributed by atoms with Crippen LogP contribution in [0.4, 0.5) is 5.82 Å². The summed E-state index contributed by atoms with van der Waals surface area (Å²) >= 11 is 0. The minimum Gasteiger partial charge on any atom is -0.465 e. The van der Waals surface area contributed by atoms with Crippen molar-refractivity contribution in [3.63, 3.8) is 0 Å². The molecule has 148 valence electrons. The number of esters is 1. The van der Waals surface area contributed by atoms with Crippen LogP contribution in [0.25, 0.3) is 21.9 Å². The molecule has 7 heteroatoms. The summed E-state index contributed by atoms with van der Waals surface area (Å²) in [7, 11) is 1.39. The van der Waals surface area contributed by atoms with Crippen molar-refractivity contribution < 1.29 is 9.53 Å². The van der Waals surface area contributed by atoms with Gasteiger partial charge in [-0.3, -0.25) is 0 Å². The number of nitrogens with zero attached hydrogens (tertiary/aromatic N) is 3. The smallest absolute Gasteiger partial charge is 0.337 e. The number of piperidine rings is 1. The van der Waals surface area contributed by atoms with Gasteiger partial charge in [0.1, 0.15) is 17.3 Å². The molecule has 1 fully saturated rings. The number of aromatic amines is 1. The van der Waals surface area contributed by atoms with Crippen LogP contribution in [0.3, 0.4) is 0 Å². The first kappa shape index (κ1) is 18.7. The van der Waals surface area contributed by atoms with Gasteiger partial charge in [0, 0.05) is 17.4 Å². The summed E-state index contributed by atoms with van der Waals surface area (Å²) in [5.41, 5.74) is 2.15. The number of ether oxygens (including phenoxy) is 1. The van der Waals surface area contributed by atoms with Crippen LogP contribution < -0.4 is 5.32 Å². The number of rotatable bonds is 6. The van der Waals surface area contributed by atoms with E-state index in [0.29, 0.717) is 11.4 Å². The molecule has 1 saturated heterocycles. The SMILES string of the molecule is COC(=O)c1ccc2c(c1)[nH]c1nc(C)nc(NCCCN3CCCCC3)c12. The maximum atomic E-state index is 11.8. The highest BCUT2D eigenvalue weighted by Crippen LogP contribution is 2.30. The van der Waals surface area contributed by atoms with Crippen LogP contribution in [0.1, 0.15) is 41.9 Å². The van der Waals surface area contributed by atoms with Gasteiger partial charge in [-0.2, -0.15) is 0 Å². The molecule has 0 saturated carbocycles. The second-order valence-corrected chi connectivity index (χ2v) is 7.40. The van der Waals surface area contributed by atoms with Gasteiger partial charge >= 0.3 is 5.97 Å². The molecule has 0 radical (unpaired) electrons. The molecule has 0 atom stereocenters. The van der Waals surface area contributed by atoms with Crippen molar-refractivity contribution in [2.75, 3.05) is 38.6 Å². The largest absolute Gasteiger partial charge is 0.465 e. The second kappa shape index (κ2) is 8.14. The third kappa shape index (κ3) is 3.80. The fourth-order valence-electron chi connectivity index (χ4n) is 3.98. The van der Waals surface area contributed by atoms with Crippen molar-refractivity contribution in [2.24, 2.45) is 0 Å². The Hall–Kier alpha value is -2.67. The van der Waals surface area contributed by atoms with Gasteiger partial charge in [-0.1, -0.05) is 12.5 Å². The Morgan fingerprint density at radius 1 is 1.25 bits per heavy atom. The first-order chi connectivity index (χ1) is 13.7. The molecule has 2 aromatic heterocycles. The first-order valence-corrected chi connectivity index (χ1v) is 10.0. The fourth-order valence-corrected chi connectivity index (χ4v) is 3.98. The number of H-pyrrole nitrogens is 1. The predicted molar refractivity (Wildman–Crippen MR) is 111 cm³/mol. The number of carbonyl (C=O) groups is 1. The molecule has 1 aromatic carbocycles. The summed E-state index contributed by atoms with van der Waals surface area (Å²) in [6, 6.07) is 5.51. The van der Waals surface area contributed by atoms with E-state index in [-0.39, 0.29) is 5.97 Å². The quantitative estimate of drug-likeness (QED) is 0.502. The van der Waals surface area contributed by atoms with E-state index in [4.69, 9.17) is 4.74 Å². The molecular weight excluding hydrogens is 354 g/mol. The normalized spacial score (nSPS) is 15.2. The first-order valence-electron chi connectivity index (χ1n) is 10.0. The molecule has 3 aromatic rings. The maximum absolute atomic E-state index is 11.8. The van der Waals surface area contributed by atoms with Gasteiger partial charge in [0.15, 0.2) is 0 Å². The Kier molecular flexibility index (Phi) is 5.43. The van der Waals surface area contributed by atoms with Crippen LogP contribution in [-0.4, -0.2) is 59.1 Å². The predicted octanol–water partition coefficient (Wildman–Crippen LogP) is 3.49. The van der Waals surface area contributed by atoms with Gasteiger partial charge in [-0.15, -0.1) is 0 Å².